The molecular weight excluding hydrogens is 252 g/mol. The molecule has 1 aromatic rings. The van der Waals surface area contributed by atoms with Crippen molar-refractivity contribution < 1.29 is 9.53 Å². The zero-order chi connectivity index (χ0) is 14.1. The number of rotatable bonds is 3. The van der Waals surface area contributed by atoms with Gasteiger partial charge in [-0.2, -0.15) is 0 Å². The van der Waals surface area contributed by atoms with E-state index < -0.39 is 0 Å². The van der Waals surface area contributed by atoms with Crippen molar-refractivity contribution in [2.45, 2.75) is 20.0 Å². The van der Waals surface area contributed by atoms with E-state index in [1.54, 1.807) is 0 Å². The van der Waals surface area contributed by atoms with E-state index in [1.807, 2.05) is 43.0 Å². The van der Waals surface area contributed by atoms with Gasteiger partial charge in [0.1, 0.15) is 5.75 Å². The summed E-state index contributed by atoms with van der Waals surface area (Å²) in [4.78, 5) is 14.6. The Bertz CT molecular complexity index is 489. The van der Waals surface area contributed by atoms with Crippen LogP contribution in [0.25, 0.3) is 0 Å². The van der Waals surface area contributed by atoms with Crippen LogP contribution in [-0.4, -0.2) is 43.1 Å². The SMILES string of the molecule is CC(C)Oc1cccc(C(=O)N2C[C@H]3CNC[C@H]3C2)c1. The van der Waals surface area contributed by atoms with Crippen molar-refractivity contribution in [1.82, 2.24) is 10.2 Å². The van der Waals surface area contributed by atoms with Crippen molar-refractivity contribution in [3.63, 3.8) is 0 Å². The molecule has 0 bridgehead atoms. The van der Waals surface area contributed by atoms with Crippen LogP contribution in [0.15, 0.2) is 24.3 Å². The second-order valence-electron chi connectivity index (χ2n) is 6.08. The van der Waals surface area contributed by atoms with E-state index in [0.29, 0.717) is 11.8 Å². The molecule has 1 aromatic carbocycles. The highest BCUT2D eigenvalue weighted by atomic mass is 16.5. The summed E-state index contributed by atoms with van der Waals surface area (Å²) >= 11 is 0. The maximum absolute atomic E-state index is 12.6. The van der Waals surface area contributed by atoms with Crippen LogP contribution in [-0.2, 0) is 0 Å². The summed E-state index contributed by atoms with van der Waals surface area (Å²) in [6, 6.07) is 7.53. The lowest BCUT2D eigenvalue weighted by Crippen LogP contribution is -2.31. The van der Waals surface area contributed by atoms with Crippen LogP contribution in [0.2, 0.25) is 0 Å². The summed E-state index contributed by atoms with van der Waals surface area (Å²) in [5, 5.41) is 3.40. The minimum Gasteiger partial charge on any atom is -0.491 e. The Morgan fingerprint density at radius 3 is 2.65 bits per heavy atom. The zero-order valence-corrected chi connectivity index (χ0v) is 12.1. The number of hydrogen-bond donors (Lipinski definition) is 1. The second kappa shape index (κ2) is 5.44. The van der Waals surface area contributed by atoms with Gasteiger partial charge in [-0.05, 0) is 43.9 Å². The van der Waals surface area contributed by atoms with Crippen LogP contribution in [0.1, 0.15) is 24.2 Å². The maximum atomic E-state index is 12.6. The number of carbonyl (C=O) groups is 1. The minimum absolute atomic E-state index is 0.123. The average Bonchev–Trinajstić information content (AvgIpc) is 2.98. The largest absolute Gasteiger partial charge is 0.491 e. The summed E-state index contributed by atoms with van der Waals surface area (Å²) in [5.74, 6) is 2.17. The van der Waals surface area contributed by atoms with Gasteiger partial charge in [-0.25, -0.2) is 0 Å². The maximum Gasteiger partial charge on any atom is 0.254 e. The van der Waals surface area contributed by atoms with Crippen LogP contribution in [0, 0.1) is 11.8 Å². The van der Waals surface area contributed by atoms with Crippen molar-refractivity contribution in [1.29, 1.82) is 0 Å². The fourth-order valence-electron chi connectivity index (χ4n) is 3.18. The second-order valence-corrected chi connectivity index (χ2v) is 6.08. The number of hydrogen-bond acceptors (Lipinski definition) is 3. The van der Waals surface area contributed by atoms with Crippen molar-refractivity contribution in [3.05, 3.63) is 29.8 Å². The number of ether oxygens (including phenoxy) is 1. The molecule has 4 heteroatoms. The summed E-state index contributed by atoms with van der Waals surface area (Å²) in [6.45, 7) is 7.83. The van der Waals surface area contributed by atoms with Crippen LogP contribution in [0.3, 0.4) is 0 Å². The molecule has 108 valence electrons. The highest BCUT2D eigenvalue weighted by Gasteiger charge is 2.38. The molecular formula is C16H22N2O2. The molecule has 2 fully saturated rings. The molecule has 3 rings (SSSR count). The van der Waals surface area contributed by atoms with Crippen LogP contribution >= 0.6 is 0 Å². The Morgan fingerprint density at radius 1 is 1.30 bits per heavy atom. The molecule has 1 N–H and O–H groups in total. The highest BCUT2D eigenvalue weighted by Crippen LogP contribution is 2.28. The quantitative estimate of drug-likeness (QED) is 0.913. The number of fused-ring (bicyclic) bond motifs is 1. The van der Waals surface area contributed by atoms with Gasteiger partial charge in [-0.3, -0.25) is 4.79 Å². The fraction of sp³-hybridized carbons (Fsp3) is 0.562. The molecule has 0 aliphatic carbocycles. The normalized spacial score (nSPS) is 25.1. The monoisotopic (exact) mass is 274 g/mol. The molecule has 4 nitrogen and oxygen atoms in total. The first-order chi connectivity index (χ1) is 9.63. The van der Waals surface area contributed by atoms with Gasteiger partial charge in [-0.1, -0.05) is 6.07 Å². The Balaban J connectivity index is 1.71. The van der Waals surface area contributed by atoms with Gasteiger partial charge >= 0.3 is 0 Å². The third kappa shape index (κ3) is 2.66. The smallest absolute Gasteiger partial charge is 0.254 e. The van der Waals surface area contributed by atoms with Crippen molar-refractivity contribution in [2.75, 3.05) is 26.2 Å². The lowest BCUT2D eigenvalue weighted by Gasteiger charge is -2.18. The summed E-state index contributed by atoms with van der Waals surface area (Å²) in [6.07, 6.45) is 0.123. The zero-order valence-electron chi connectivity index (χ0n) is 12.1. The van der Waals surface area contributed by atoms with Crippen LogP contribution in [0.4, 0.5) is 0 Å². The number of likely N-dealkylation sites (tertiary alicyclic amines) is 1. The molecule has 2 aliphatic rings. The van der Waals surface area contributed by atoms with Crippen LogP contribution < -0.4 is 10.1 Å². The number of nitrogens with one attached hydrogen (secondary N) is 1. The summed E-state index contributed by atoms with van der Waals surface area (Å²) in [5.41, 5.74) is 0.732. The third-order valence-electron chi connectivity index (χ3n) is 4.13. The van der Waals surface area contributed by atoms with E-state index in [0.717, 1.165) is 37.5 Å². The topological polar surface area (TPSA) is 41.6 Å². The predicted molar refractivity (Wildman–Crippen MR) is 78.0 cm³/mol. The van der Waals surface area contributed by atoms with Gasteiger partial charge in [0.05, 0.1) is 6.10 Å². The number of nitrogens with zero attached hydrogens (tertiary/aromatic N) is 1. The lowest BCUT2D eigenvalue weighted by molar-refractivity contribution is 0.0781. The molecule has 20 heavy (non-hydrogen) atoms. The van der Waals surface area contributed by atoms with Crippen molar-refractivity contribution in [2.24, 2.45) is 11.8 Å². The number of benzene rings is 1. The number of carbonyl (C=O) groups excluding carboxylic acids is 1. The molecule has 0 spiro atoms. The van der Waals surface area contributed by atoms with E-state index in [1.165, 1.54) is 0 Å². The van der Waals surface area contributed by atoms with E-state index in [2.05, 4.69) is 5.32 Å². The van der Waals surface area contributed by atoms with E-state index in [9.17, 15) is 4.79 Å². The standard InChI is InChI=1S/C16H22N2O2/c1-11(2)20-15-5-3-4-12(6-15)16(19)18-9-13-7-17-8-14(13)10-18/h3-6,11,13-14,17H,7-10H2,1-2H3/t13-,14+. The predicted octanol–water partition coefficient (Wildman–Crippen LogP) is 1.77. The molecule has 2 saturated heterocycles. The number of amides is 1. The van der Waals surface area contributed by atoms with Crippen molar-refractivity contribution in [3.8, 4) is 5.75 Å². The summed E-state index contributed by atoms with van der Waals surface area (Å²) in [7, 11) is 0. The molecule has 0 radical (unpaired) electrons. The average molecular weight is 274 g/mol. The van der Waals surface area contributed by atoms with Gasteiger partial charge in [0.2, 0.25) is 0 Å². The van der Waals surface area contributed by atoms with E-state index in [-0.39, 0.29) is 12.0 Å². The lowest BCUT2D eigenvalue weighted by atomic mass is 10.0. The molecule has 2 atom stereocenters. The highest BCUT2D eigenvalue weighted by molar-refractivity contribution is 5.94. The van der Waals surface area contributed by atoms with E-state index >= 15 is 0 Å². The van der Waals surface area contributed by atoms with Gasteiger partial charge in [0, 0.05) is 31.7 Å². The van der Waals surface area contributed by atoms with Crippen molar-refractivity contribution >= 4 is 5.91 Å². The Kier molecular flexibility index (Phi) is 3.66. The Hall–Kier alpha value is -1.55. The minimum atomic E-state index is 0.123. The molecule has 2 heterocycles. The van der Waals surface area contributed by atoms with Gasteiger partial charge in [0.25, 0.3) is 5.91 Å². The first-order valence-electron chi connectivity index (χ1n) is 7.40. The molecule has 0 aromatic heterocycles. The molecule has 1 amide bonds. The first-order valence-corrected chi connectivity index (χ1v) is 7.40. The van der Waals surface area contributed by atoms with Gasteiger partial charge < -0.3 is 15.0 Å². The first kappa shape index (κ1) is 13.4. The third-order valence-corrected chi connectivity index (χ3v) is 4.13. The van der Waals surface area contributed by atoms with Crippen LogP contribution in [0.5, 0.6) is 5.75 Å². The molecule has 0 unspecified atom stereocenters. The Labute approximate surface area is 120 Å². The molecule has 2 aliphatic heterocycles. The summed E-state index contributed by atoms with van der Waals surface area (Å²) < 4.78 is 5.66. The molecule has 0 saturated carbocycles. The van der Waals surface area contributed by atoms with Gasteiger partial charge in [-0.15, -0.1) is 0 Å². The van der Waals surface area contributed by atoms with Gasteiger partial charge in [0.15, 0.2) is 0 Å². The fourth-order valence-corrected chi connectivity index (χ4v) is 3.18. The van der Waals surface area contributed by atoms with E-state index in [4.69, 9.17) is 4.74 Å². The Morgan fingerprint density at radius 2 is 2.00 bits per heavy atom.